The Morgan fingerprint density at radius 2 is 1.94 bits per heavy atom. The van der Waals surface area contributed by atoms with Gasteiger partial charge in [0.2, 0.25) is 5.91 Å². The van der Waals surface area contributed by atoms with E-state index in [1.807, 2.05) is 47.2 Å². The van der Waals surface area contributed by atoms with Crippen molar-refractivity contribution in [2.45, 2.75) is 38.4 Å². The summed E-state index contributed by atoms with van der Waals surface area (Å²) in [6.07, 6.45) is 2.12. The van der Waals surface area contributed by atoms with Crippen LogP contribution in [-0.4, -0.2) is 38.0 Å². The molecule has 2 aromatic carbocycles. The molecule has 0 bridgehead atoms. The molecular weight excluding hydrogens is 537 g/mol. The van der Waals surface area contributed by atoms with Crippen LogP contribution in [-0.2, 0) is 11.3 Å². The standard InChI is InChI=1S/C25H25Cl2N5O2S2/c1-3-5-12-34-18-9-6-16(7-10-18)23-30-31-25(32(23)4-2)36-15-22(33)29-24-28-21(14-35-24)19-11-8-17(26)13-20(19)27/h6-11,13-14H,3-5,12,15H2,1-2H3,(H,28,29,33). The Labute approximate surface area is 228 Å². The summed E-state index contributed by atoms with van der Waals surface area (Å²) in [5.41, 5.74) is 2.39. The lowest BCUT2D eigenvalue weighted by Crippen LogP contribution is -2.14. The molecule has 36 heavy (non-hydrogen) atoms. The number of anilines is 1. The minimum absolute atomic E-state index is 0.177. The normalized spacial score (nSPS) is 11.0. The molecule has 4 rings (SSSR count). The summed E-state index contributed by atoms with van der Waals surface area (Å²) in [7, 11) is 0. The van der Waals surface area contributed by atoms with Gasteiger partial charge in [-0.05, 0) is 55.8 Å². The van der Waals surface area contributed by atoms with Gasteiger partial charge in [-0.2, -0.15) is 0 Å². The number of nitrogens with one attached hydrogen (secondary N) is 1. The summed E-state index contributed by atoms with van der Waals surface area (Å²) in [6, 6.07) is 13.1. The molecule has 11 heteroatoms. The Morgan fingerprint density at radius 1 is 1.14 bits per heavy atom. The van der Waals surface area contributed by atoms with Crippen molar-refractivity contribution in [2.75, 3.05) is 17.7 Å². The molecule has 0 atom stereocenters. The van der Waals surface area contributed by atoms with E-state index in [0.717, 1.165) is 35.5 Å². The summed E-state index contributed by atoms with van der Waals surface area (Å²) in [6.45, 7) is 5.55. The average Bonchev–Trinajstić information content (AvgIpc) is 3.50. The smallest absolute Gasteiger partial charge is 0.236 e. The van der Waals surface area contributed by atoms with Gasteiger partial charge in [-0.3, -0.25) is 4.79 Å². The fourth-order valence-corrected chi connectivity index (χ4v) is 5.40. The molecule has 0 aliphatic carbocycles. The lowest BCUT2D eigenvalue weighted by atomic mass is 10.2. The SMILES string of the molecule is CCCCOc1ccc(-c2nnc(SCC(=O)Nc3nc(-c4ccc(Cl)cc4Cl)cs3)n2CC)cc1. The van der Waals surface area contributed by atoms with E-state index in [1.54, 1.807) is 12.1 Å². The van der Waals surface area contributed by atoms with Crippen molar-refractivity contribution in [2.24, 2.45) is 0 Å². The monoisotopic (exact) mass is 561 g/mol. The zero-order valence-electron chi connectivity index (χ0n) is 19.8. The first-order chi connectivity index (χ1) is 17.5. The fourth-order valence-electron chi connectivity index (χ4n) is 3.37. The number of benzene rings is 2. The Morgan fingerprint density at radius 3 is 2.67 bits per heavy atom. The minimum atomic E-state index is -0.177. The average molecular weight is 563 g/mol. The van der Waals surface area contributed by atoms with Gasteiger partial charge in [0, 0.05) is 28.1 Å². The van der Waals surface area contributed by atoms with Crippen molar-refractivity contribution < 1.29 is 9.53 Å². The summed E-state index contributed by atoms with van der Waals surface area (Å²) >= 11 is 14.9. The largest absolute Gasteiger partial charge is 0.494 e. The van der Waals surface area contributed by atoms with E-state index in [0.29, 0.717) is 39.2 Å². The van der Waals surface area contributed by atoms with E-state index in [-0.39, 0.29) is 11.7 Å². The summed E-state index contributed by atoms with van der Waals surface area (Å²) in [5.74, 6) is 1.59. The molecule has 4 aromatic rings. The Balaban J connectivity index is 1.36. The third-order valence-electron chi connectivity index (χ3n) is 5.20. The zero-order chi connectivity index (χ0) is 25.5. The topological polar surface area (TPSA) is 81.9 Å². The number of thiazole rings is 1. The predicted molar refractivity (Wildman–Crippen MR) is 148 cm³/mol. The van der Waals surface area contributed by atoms with E-state index < -0.39 is 0 Å². The molecule has 0 aliphatic rings. The second-order valence-corrected chi connectivity index (χ2v) is 10.4. The van der Waals surface area contributed by atoms with Crippen molar-refractivity contribution in [1.29, 1.82) is 0 Å². The number of ether oxygens (including phenoxy) is 1. The van der Waals surface area contributed by atoms with Crippen LogP contribution in [0.3, 0.4) is 0 Å². The van der Waals surface area contributed by atoms with Crippen molar-refractivity contribution in [3.8, 4) is 28.4 Å². The Kier molecular flexibility index (Phi) is 9.25. The number of hydrogen-bond donors (Lipinski definition) is 1. The van der Waals surface area contributed by atoms with Crippen LogP contribution in [0, 0.1) is 0 Å². The van der Waals surface area contributed by atoms with Gasteiger partial charge in [-0.1, -0.05) is 48.3 Å². The summed E-state index contributed by atoms with van der Waals surface area (Å²) in [4.78, 5) is 17.1. The summed E-state index contributed by atoms with van der Waals surface area (Å²) < 4.78 is 7.74. The first-order valence-corrected chi connectivity index (χ1v) is 14.1. The number of aromatic nitrogens is 4. The molecule has 0 unspecified atom stereocenters. The quantitative estimate of drug-likeness (QED) is 0.153. The van der Waals surface area contributed by atoms with Crippen LogP contribution < -0.4 is 10.1 Å². The first kappa shape index (κ1) is 26.5. The maximum absolute atomic E-state index is 12.6. The van der Waals surface area contributed by atoms with Crippen LogP contribution in [0.15, 0.2) is 53.0 Å². The molecule has 1 amide bonds. The number of halogens is 2. The van der Waals surface area contributed by atoms with E-state index in [9.17, 15) is 4.79 Å². The molecule has 1 N–H and O–H groups in total. The zero-order valence-corrected chi connectivity index (χ0v) is 23.0. The molecule has 0 saturated heterocycles. The molecule has 7 nitrogen and oxygen atoms in total. The third kappa shape index (κ3) is 6.59. The van der Waals surface area contributed by atoms with Gasteiger partial charge in [-0.25, -0.2) is 4.98 Å². The maximum Gasteiger partial charge on any atom is 0.236 e. The van der Waals surface area contributed by atoms with E-state index >= 15 is 0 Å². The van der Waals surface area contributed by atoms with E-state index in [1.165, 1.54) is 23.1 Å². The highest BCUT2D eigenvalue weighted by molar-refractivity contribution is 7.99. The number of hydrogen-bond acceptors (Lipinski definition) is 7. The second kappa shape index (κ2) is 12.6. The molecule has 2 aromatic heterocycles. The van der Waals surface area contributed by atoms with Gasteiger partial charge in [0.15, 0.2) is 16.1 Å². The second-order valence-electron chi connectivity index (χ2n) is 7.78. The number of carbonyl (C=O) groups is 1. The number of carbonyl (C=O) groups excluding carboxylic acids is 1. The molecule has 188 valence electrons. The van der Waals surface area contributed by atoms with Crippen LogP contribution in [0.1, 0.15) is 26.7 Å². The van der Waals surface area contributed by atoms with Crippen molar-refractivity contribution in [1.82, 2.24) is 19.7 Å². The number of amides is 1. The highest BCUT2D eigenvalue weighted by Crippen LogP contribution is 2.32. The molecular formula is C25H25Cl2N5O2S2. The number of unbranched alkanes of at least 4 members (excludes halogenated alkanes) is 1. The van der Waals surface area contributed by atoms with Crippen LogP contribution >= 0.6 is 46.3 Å². The summed E-state index contributed by atoms with van der Waals surface area (Å²) in [5, 5.41) is 15.6. The van der Waals surface area contributed by atoms with Gasteiger partial charge in [0.1, 0.15) is 5.75 Å². The molecule has 0 saturated carbocycles. The van der Waals surface area contributed by atoms with Crippen molar-refractivity contribution in [3.05, 3.63) is 57.9 Å². The molecule has 0 aliphatic heterocycles. The lowest BCUT2D eigenvalue weighted by Gasteiger charge is -2.09. The van der Waals surface area contributed by atoms with Gasteiger partial charge in [0.05, 0.1) is 23.1 Å². The van der Waals surface area contributed by atoms with Crippen molar-refractivity contribution in [3.63, 3.8) is 0 Å². The lowest BCUT2D eigenvalue weighted by molar-refractivity contribution is -0.113. The molecule has 0 radical (unpaired) electrons. The van der Waals surface area contributed by atoms with Gasteiger partial charge < -0.3 is 14.6 Å². The van der Waals surface area contributed by atoms with Gasteiger partial charge in [0.25, 0.3) is 0 Å². The molecule has 0 fully saturated rings. The minimum Gasteiger partial charge on any atom is -0.494 e. The Hall–Kier alpha value is -2.59. The fraction of sp³-hybridized carbons (Fsp3) is 0.280. The highest BCUT2D eigenvalue weighted by atomic mass is 35.5. The third-order valence-corrected chi connectivity index (χ3v) is 7.47. The number of rotatable bonds is 11. The van der Waals surface area contributed by atoms with Gasteiger partial charge in [-0.15, -0.1) is 21.5 Å². The van der Waals surface area contributed by atoms with E-state index in [2.05, 4.69) is 27.4 Å². The molecule has 0 spiro atoms. The van der Waals surface area contributed by atoms with Crippen LogP contribution in [0.2, 0.25) is 10.0 Å². The van der Waals surface area contributed by atoms with Gasteiger partial charge >= 0.3 is 0 Å². The highest BCUT2D eigenvalue weighted by Gasteiger charge is 2.16. The Bertz CT molecular complexity index is 1320. The van der Waals surface area contributed by atoms with E-state index in [4.69, 9.17) is 27.9 Å². The van der Waals surface area contributed by atoms with Crippen LogP contribution in [0.4, 0.5) is 5.13 Å². The number of nitrogens with zero attached hydrogens (tertiary/aromatic N) is 4. The van der Waals surface area contributed by atoms with Crippen LogP contribution in [0.25, 0.3) is 22.6 Å². The maximum atomic E-state index is 12.6. The molecule has 2 heterocycles. The van der Waals surface area contributed by atoms with Crippen molar-refractivity contribution >= 4 is 57.3 Å². The van der Waals surface area contributed by atoms with Crippen LogP contribution in [0.5, 0.6) is 5.75 Å². The first-order valence-electron chi connectivity index (χ1n) is 11.5. The number of thioether (sulfide) groups is 1. The predicted octanol–water partition coefficient (Wildman–Crippen LogP) is 7.31.